The fraction of sp³-hybridized carbons (Fsp3) is 0.571. The molecule has 0 aromatic heterocycles. The molecule has 1 aromatic rings. The van der Waals surface area contributed by atoms with Crippen molar-refractivity contribution in [3.8, 4) is 0 Å². The number of hydrogen-bond acceptors (Lipinski definition) is 2. The Balaban J connectivity index is 1.87. The van der Waals surface area contributed by atoms with Crippen LogP contribution in [0.3, 0.4) is 0 Å². The van der Waals surface area contributed by atoms with Crippen LogP contribution in [0, 0.1) is 11.7 Å². The molecule has 0 radical (unpaired) electrons. The van der Waals surface area contributed by atoms with Gasteiger partial charge in [-0.3, -0.25) is 0 Å². The summed E-state index contributed by atoms with van der Waals surface area (Å²) in [6.45, 7) is 0. The molecule has 4 heteroatoms. The summed E-state index contributed by atoms with van der Waals surface area (Å²) in [6, 6.07) is 5.03. The molecule has 0 aliphatic carbocycles. The first kappa shape index (κ1) is 14.4. The Hall–Kier alpha value is -0.0600. The third kappa shape index (κ3) is 4.25. The maximum absolute atomic E-state index is 13.0. The minimum absolute atomic E-state index is 0.180. The summed E-state index contributed by atoms with van der Waals surface area (Å²) in [5, 5.41) is 0. The summed E-state index contributed by atoms with van der Waals surface area (Å²) in [5.74, 6) is 3.12. The van der Waals surface area contributed by atoms with Crippen molar-refractivity contribution in [2.75, 3.05) is 11.5 Å². The Morgan fingerprint density at radius 2 is 2.11 bits per heavy atom. The molecule has 0 amide bonds. The smallest absolute Gasteiger partial charge is 0.124 e. The quantitative estimate of drug-likeness (QED) is 0.902. The standard InChI is InChI=1S/C14H19BrFNS/c15-14-9-12(16)2-1-11(14)8-13(17)7-10-3-5-18-6-4-10/h1-2,9-10,13H,3-8,17H2. The van der Waals surface area contributed by atoms with Gasteiger partial charge in [0, 0.05) is 10.5 Å². The molecule has 0 spiro atoms. The third-order valence-corrected chi connectivity index (χ3v) is 5.26. The highest BCUT2D eigenvalue weighted by atomic mass is 79.9. The Morgan fingerprint density at radius 3 is 2.78 bits per heavy atom. The van der Waals surface area contributed by atoms with E-state index in [4.69, 9.17) is 5.73 Å². The second kappa shape index (κ2) is 6.92. The van der Waals surface area contributed by atoms with Crippen molar-refractivity contribution in [2.24, 2.45) is 11.7 Å². The normalized spacial score (nSPS) is 18.8. The van der Waals surface area contributed by atoms with Crippen LogP contribution in [0.25, 0.3) is 0 Å². The predicted molar refractivity (Wildman–Crippen MR) is 80.4 cm³/mol. The largest absolute Gasteiger partial charge is 0.327 e. The van der Waals surface area contributed by atoms with Crippen LogP contribution in [0.4, 0.5) is 4.39 Å². The SMILES string of the molecule is NC(Cc1ccc(F)cc1Br)CC1CCSCC1. The number of benzene rings is 1. The molecule has 0 saturated carbocycles. The van der Waals surface area contributed by atoms with Gasteiger partial charge in [0.25, 0.3) is 0 Å². The Morgan fingerprint density at radius 1 is 1.39 bits per heavy atom. The fourth-order valence-electron chi connectivity index (χ4n) is 2.46. The topological polar surface area (TPSA) is 26.0 Å². The van der Waals surface area contributed by atoms with Gasteiger partial charge in [0.1, 0.15) is 5.82 Å². The van der Waals surface area contributed by atoms with Gasteiger partial charge in [-0.15, -0.1) is 0 Å². The van der Waals surface area contributed by atoms with Crippen LogP contribution in [0.15, 0.2) is 22.7 Å². The highest BCUT2D eigenvalue weighted by Crippen LogP contribution is 2.27. The van der Waals surface area contributed by atoms with Gasteiger partial charge in [-0.05, 0) is 60.8 Å². The van der Waals surface area contributed by atoms with Gasteiger partial charge in [0.05, 0.1) is 0 Å². The van der Waals surface area contributed by atoms with Crippen LogP contribution >= 0.6 is 27.7 Å². The van der Waals surface area contributed by atoms with E-state index < -0.39 is 0 Å². The first-order valence-electron chi connectivity index (χ1n) is 6.42. The molecule has 1 fully saturated rings. The van der Waals surface area contributed by atoms with Crippen molar-refractivity contribution in [3.05, 3.63) is 34.1 Å². The van der Waals surface area contributed by atoms with Gasteiger partial charge in [0.15, 0.2) is 0 Å². The van der Waals surface area contributed by atoms with Gasteiger partial charge in [0.2, 0.25) is 0 Å². The molecule has 1 heterocycles. The lowest BCUT2D eigenvalue weighted by atomic mass is 9.91. The summed E-state index contributed by atoms with van der Waals surface area (Å²) < 4.78 is 13.8. The molecular formula is C14H19BrFNS. The molecule has 1 atom stereocenters. The lowest BCUT2D eigenvalue weighted by molar-refractivity contribution is 0.405. The molecule has 1 aromatic carbocycles. The summed E-state index contributed by atoms with van der Waals surface area (Å²) in [7, 11) is 0. The minimum Gasteiger partial charge on any atom is -0.327 e. The predicted octanol–water partition coefficient (Wildman–Crippen LogP) is 3.99. The van der Waals surface area contributed by atoms with E-state index in [-0.39, 0.29) is 11.9 Å². The summed E-state index contributed by atoms with van der Waals surface area (Å²) in [6.07, 6.45) is 4.50. The molecular weight excluding hydrogens is 313 g/mol. The van der Waals surface area contributed by atoms with Crippen molar-refractivity contribution in [1.29, 1.82) is 0 Å². The van der Waals surface area contributed by atoms with Gasteiger partial charge >= 0.3 is 0 Å². The zero-order chi connectivity index (χ0) is 13.0. The molecule has 1 nitrogen and oxygen atoms in total. The maximum Gasteiger partial charge on any atom is 0.124 e. The Kier molecular flexibility index (Phi) is 5.52. The summed E-state index contributed by atoms with van der Waals surface area (Å²) in [4.78, 5) is 0. The Labute approximate surface area is 121 Å². The third-order valence-electron chi connectivity index (χ3n) is 3.47. The zero-order valence-electron chi connectivity index (χ0n) is 10.4. The van der Waals surface area contributed by atoms with E-state index in [2.05, 4.69) is 15.9 Å². The second-order valence-electron chi connectivity index (χ2n) is 4.99. The van der Waals surface area contributed by atoms with Gasteiger partial charge < -0.3 is 5.73 Å². The molecule has 2 rings (SSSR count). The van der Waals surface area contributed by atoms with Crippen molar-refractivity contribution in [1.82, 2.24) is 0 Å². The maximum atomic E-state index is 13.0. The summed E-state index contributed by atoms with van der Waals surface area (Å²) in [5.41, 5.74) is 7.33. The second-order valence-corrected chi connectivity index (χ2v) is 7.07. The monoisotopic (exact) mass is 331 g/mol. The zero-order valence-corrected chi connectivity index (χ0v) is 12.8. The van der Waals surface area contributed by atoms with E-state index in [1.165, 1.54) is 36.5 Å². The highest BCUT2D eigenvalue weighted by molar-refractivity contribution is 9.10. The summed E-state index contributed by atoms with van der Waals surface area (Å²) >= 11 is 5.45. The Bertz CT molecular complexity index is 393. The van der Waals surface area contributed by atoms with Crippen LogP contribution in [-0.4, -0.2) is 17.5 Å². The highest BCUT2D eigenvalue weighted by Gasteiger charge is 2.17. The van der Waals surface area contributed by atoms with E-state index in [9.17, 15) is 4.39 Å². The van der Waals surface area contributed by atoms with E-state index in [0.717, 1.165) is 28.8 Å². The molecule has 100 valence electrons. The van der Waals surface area contributed by atoms with Crippen LogP contribution < -0.4 is 5.73 Å². The van der Waals surface area contributed by atoms with Crippen molar-refractivity contribution in [3.63, 3.8) is 0 Å². The number of hydrogen-bond donors (Lipinski definition) is 1. The number of thioether (sulfide) groups is 1. The van der Waals surface area contributed by atoms with Crippen molar-refractivity contribution < 1.29 is 4.39 Å². The van der Waals surface area contributed by atoms with Crippen molar-refractivity contribution >= 4 is 27.7 Å². The van der Waals surface area contributed by atoms with Crippen molar-refractivity contribution in [2.45, 2.75) is 31.7 Å². The lowest BCUT2D eigenvalue weighted by Gasteiger charge is -2.24. The number of rotatable bonds is 4. The first-order chi connectivity index (χ1) is 8.65. The van der Waals surface area contributed by atoms with Crippen LogP contribution in [0.5, 0.6) is 0 Å². The van der Waals surface area contributed by atoms with Crippen LogP contribution in [-0.2, 0) is 6.42 Å². The fourth-order valence-corrected chi connectivity index (χ4v) is 4.18. The van der Waals surface area contributed by atoms with E-state index >= 15 is 0 Å². The molecule has 18 heavy (non-hydrogen) atoms. The van der Waals surface area contributed by atoms with E-state index in [1.807, 2.05) is 17.8 Å². The van der Waals surface area contributed by atoms with Gasteiger partial charge in [-0.25, -0.2) is 4.39 Å². The van der Waals surface area contributed by atoms with Gasteiger partial charge in [-0.2, -0.15) is 11.8 Å². The van der Waals surface area contributed by atoms with E-state index in [1.54, 1.807) is 0 Å². The number of halogens is 2. The molecule has 1 aliphatic rings. The molecule has 0 bridgehead atoms. The van der Waals surface area contributed by atoms with E-state index in [0.29, 0.717) is 0 Å². The average molecular weight is 332 g/mol. The van der Waals surface area contributed by atoms with Gasteiger partial charge in [-0.1, -0.05) is 22.0 Å². The molecule has 1 unspecified atom stereocenters. The average Bonchev–Trinajstić information content (AvgIpc) is 2.34. The lowest BCUT2D eigenvalue weighted by Crippen LogP contribution is -2.27. The van der Waals surface area contributed by atoms with Crippen LogP contribution in [0.2, 0.25) is 0 Å². The molecule has 1 aliphatic heterocycles. The first-order valence-corrected chi connectivity index (χ1v) is 8.37. The van der Waals surface area contributed by atoms with Crippen LogP contribution in [0.1, 0.15) is 24.8 Å². The molecule has 1 saturated heterocycles. The molecule has 2 N–H and O–H groups in total. The number of nitrogens with two attached hydrogens (primary N) is 1. The minimum atomic E-state index is -0.205.